The van der Waals surface area contributed by atoms with E-state index in [1.54, 1.807) is 0 Å². The van der Waals surface area contributed by atoms with Gasteiger partial charge in [0.25, 0.3) is 0 Å². The fraction of sp³-hybridized carbons (Fsp3) is 0.786. The van der Waals surface area contributed by atoms with Crippen LogP contribution in [0.15, 0.2) is 12.7 Å². The van der Waals surface area contributed by atoms with Crippen molar-refractivity contribution in [3.63, 3.8) is 0 Å². The molecule has 0 atom stereocenters. The van der Waals surface area contributed by atoms with Crippen LogP contribution in [0.25, 0.3) is 0 Å². The molecule has 0 aromatic heterocycles. The maximum Gasteiger partial charge on any atom is 0.423 e. The van der Waals surface area contributed by atoms with E-state index in [1.165, 1.54) is 57.4 Å². The standard InChI is InChI=1S/C14H26O.Na.H2O5S/c1-3-5-6-7-8-9-10-11-12-13-14(15)4-2;;1-5-6(2,3)4/h4H,2-3,5-13H2,1H3;;1H,(H,2,3,4). The number of carbonyl (C=O) groups excluding carboxylic acids is 1. The molecule has 0 aromatic rings. The number of ketones is 1. The van der Waals surface area contributed by atoms with Gasteiger partial charge in [-0.25, -0.2) is 5.26 Å². The van der Waals surface area contributed by atoms with Gasteiger partial charge in [0.15, 0.2) is 5.78 Å². The second kappa shape index (κ2) is 19.3. The van der Waals surface area contributed by atoms with Crippen LogP contribution < -0.4 is 0 Å². The number of hydrogen-bond acceptors (Lipinski definition) is 5. The summed E-state index contributed by atoms with van der Waals surface area (Å²) in [4.78, 5) is 10.9. The molecule has 0 saturated carbocycles. The molecule has 0 spiro atoms. The Balaban J connectivity index is -0.000000439. The van der Waals surface area contributed by atoms with Crippen molar-refractivity contribution in [2.45, 2.75) is 71.1 Å². The predicted molar refractivity (Wildman–Crippen MR) is 88.1 cm³/mol. The SMILES string of the molecule is C=CC(=O)CCCCCCCCCCC.O=S(=O)(O)OO.[Na]. The smallest absolute Gasteiger partial charge is 0.295 e. The minimum Gasteiger partial charge on any atom is -0.295 e. The first-order chi connectivity index (χ1) is 9.87. The molecule has 0 aliphatic rings. The maximum absolute atomic E-state index is 10.9. The Morgan fingerprint density at radius 2 is 1.41 bits per heavy atom. The molecular formula is C14H28NaO6S. The summed E-state index contributed by atoms with van der Waals surface area (Å²) in [7, 11) is -4.61. The molecule has 0 fully saturated rings. The number of rotatable bonds is 12. The van der Waals surface area contributed by atoms with Gasteiger partial charge in [-0.3, -0.25) is 9.35 Å². The van der Waals surface area contributed by atoms with Gasteiger partial charge in [-0.2, -0.15) is 8.42 Å². The first-order valence-electron chi connectivity index (χ1n) is 7.33. The molecule has 0 bridgehead atoms. The Morgan fingerprint density at radius 3 is 1.73 bits per heavy atom. The van der Waals surface area contributed by atoms with E-state index < -0.39 is 10.4 Å². The second-order valence-electron chi connectivity index (χ2n) is 4.75. The summed E-state index contributed by atoms with van der Waals surface area (Å²) >= 11 is 0. The van der Waals surface area contributed by atoms with Gasteiger partial charge in [0.05, 0.1) is 0 Å². The van der Waals surface area contributed by atoms with Crippen molar-refractivity contribution in [3.05, 3.63) is 12.7 Å². The van der Waals surface area contributed by atoms with Crippen LogP contribution in [0.5, 0.6) is 0 Å². The third kappa shape index (κ3) is 28.4. The summed E-state index contributed by atoms with van der Waals surface area (Å²) in [5.74, 6) is 0.193. The first-order valence-corrected chi connectivity index (χ1v) is 8.69. The molecular weight excluding hydrogens is 319 g/mol. The Labute approximate surface area is 156 Å². The van der Waals surface area contributed by atoms with Crippen molar-refractivity contribution < 1.29 is 27.4 Å². The molecule has 0 rings (SSSR count). The monoisotopic (exact) mass is 347 g/mol. The van der Waals surface area contributed by atoms with Gasteiger partial charge in [0, 0.05) is 36.0 Å². The second-order valence-corrected chi connectivity index (χ2v) is 5.76. The van der Waals surface area contributed by atoms with E-state index in [9.17, 15) is 4.79 Å². The van der Waals surface area contributed by atoms with Crippen LogP contribution >= 0.6 is 0 Å². The average molecular weight is 347 g/mol. The quantitative estimate of drug-likeness (QED) is 0.140. The molecule has 0 amide bonds. The van der Waals surface area contributed by atoms with Crippen LogP contribution in [0.1, 0.15) is 71.1 Å². The molecule has 0 heterocycles. The fourth-order valence-corrected chi connectivity index (χ4v) is 1.71. The normalized spacial score (nSPS) is 10.1. The average Bonchev–Trinajstić information content (AvgIpc) is 2.45. The maximum atomic E-state index is 10.9. The molecule has 6 nitrogen and oxygen atoms in total. The molecule has 0 saturated heterocycles. The van der Waals surface area contributed by atoms with Crippen LogP contribution in [0.3, 0.4) is 0 Å². The van der Waals surface area contributed by atoms with Gasteiger partial charge < -0.3 is 0 Å². The van der Waals surface area contributed by atoms with Crippen molar-refractivity contribution in [1.29, 1.82) is 0 Å². The third-order valence-electron chi connectivity index (χ3n) is 2.85. The van der Waals surface area contributed by atoms with E-state index >= 15 is 0 Å². The molecule has 2 N–H and O–H groups in total. The zero-order valence-corrected chi connectivity index (χ0v) is 16.6. The number of unbranched alkanes of at least 4 members (excludes halogenated alkanes) is 8. The van der Waals surface area contributed by atoms with Crippen molar-refractivity contribution in [1.82, 2.24) is 0 Å². The van der Waals surface area contributed by atoms with Crippen LogP contribution in [0.2, 0.25) is 0 Å². The number of carbonyl (C=O) groups is 1. The Bertz CT molecular complexity index is 356. The number of allylic oxidation sites excluding steroid dienone is 1. The Morgan fingerprint density at radius 1 is 1.05 bits per heavy atom. The molecule has 1 radical (unpaired) electrons. The molecule has 0 aromatic carbocycles. The van der Waals surface area contributed by atoms with Gasteiger partial charge in [-0.15, -0.1) is 0 Å². The summed E-state index contributed by atoms with van der Waals surface area (Å²) in [6, 6.07) is 0. The summed E-state index contributed by atoms with van der Waals surface area (Å²) in [5, 5.41) is 7.06. The zero-order valence-electron chi connectivity index (χ0n) is 13.8. The molecule has 22 heavy (non-hydrogen) atoms. The third-order valence-corrected chi connectivity index (χ3v) is 3.04. The summed E-state index contributed by atoms with van der Waals surface area (Å²) in [5.41, 5.74) is 0. The summed E-state index contributed by atoms with van der Waals surface area (Å²) in [6.45, 7) is 5.71. The molecule has 0 aliphatic carbocycles. The van der Waals surface area contributed by atoms with E-state index in [1.807, 2.05) is 0 Å². The summed E-state index contributed by atoms with van der Waals surface area (Å²) in [6.07, 6.45) is 13.9. The predicted octanol–water partition coefficient (Wildman–Crippen LogP) is 3.56. The van der Waals surface area contributed by atoms with Gasteiger partial charge in [-0.05, 0) is 12.5 Å². The van der Waals surface area contributed by atoms with Crippen LogP contribution in [0, 0.1) is 0 Å². The Hall–Kier alpha value is 0.240. The van der Waals surface area contributed by atoms with E-state index in [2.05, 4.69) is 17.8 Å². The van der Waals surface area contributed by atoms with Crippen molar-refractivity contribution in [2.24, 2.45) is 0 Å². The molecule has 127 valence electrons. The van der Waals surface area contributed by atoms with E-state index in [-0.39, 0.29) is 35.3 Å². The minimum absolute atomic E-state index is 0. The van der Waals surface area contributed by atoms with Crippen molar-refractivity contribution in [2.75, 3.05) is 0 Å². The first kappa shape index (κ1) is 27.1. The van der Waals surface area contributed by atoms with Crippen molar-refractivity contribution >= 4 is 45.7 Å². The largest absolute Gasteiger partial charge is 0.423 e. The van der Waals surface area contributed by atoms with Gasteiger partial charge >= 0.3 is 10.4 Å². The molecule has 0 aliphatic heterocycles. The van der Waals surface area contributed by atoms with Crippen LogP contribution in [-0.4, -0.2) is 53.6 Å². The van der Waals surface area contributed by atoms with Crippen LogP contribution in [-0.2, 0) is 19.5 Å². The fourth-order valence-electron chi connectivity index (χ4n) is 1.71. The summed E-state index contributed by atoms with van der Waals surface area (Å²) < 4.78 is 28.0. The van der Waals surface area contributed by atoms with E-state index in [0.717, 1.165) is 6.42 Å². The zero-order chi connectivity index (χ0) is 16.6. The van der Waals surface area contributed by atoms with Crippen LogP contribution in [0.4, 0.5) is 0 Å². The topological polar surface area (TPSA) is 101 Å². The van der Waals surface area contributed by atoms with Gasteiger partial charge in [0.1, 0.15) is 0 Å². The minimum atomic E-state index is -4.61. The van der Waals surface area contributed by atoms with E-state index in [4.69, 9.17) is 18.2 Å². The molecule has 0 unspecified atom stereocenters. The Kier molecular flexibility index (Phi) is 23.8. The van der Waals surface area contributed by atoms with Gasteiger partial charge in [0.2, 0.25) is 0 Å². The van der Waals surface area contributed by atoms with Crippen molar-refractivity contribution in [3.8, 4) is 0 Å². The molecule has 8 heteroatoms. The number of hydrogen-bond donors (Lipinski definition) is 2. The van der Waals surface area contributed by atoms with Gasteiger partial charge in [-0.1, -0.05) is 69.2 Å². The van der Waals surface area contributed by atoms with E-state index in [0.29, 0.717) is 6.42 Å².